The highest BCUT2D eigenvalue weighted by Gasteiger charge is 2.28. The molecule has 0 saturated carbocycles. The zero-order valence-corrected chi connectivity index (χ0v) is 10.5. The molecule has 0 aromatic heterocycles. The minimum Gasteiger partial charge on any atom is -0.395 e. The number of fused-ring (bicyclic) bond motifs is 1. The van der Waals surface area contributed by atoms with Gasteiger partial charge in [0.15, 0.2) is 0 Å². The third-order valence-electron chi connectivity index (χ3n) is 2.51. The van der Waals surface area contributed by atoms with E-state index in [-0.39, 0.29) is 31.4 Å². The molecule has 0 fully saturated rings. The molecule has 3 N–H and O–H groups in total. The van der Waals surface area contributed by atoms with Gasteiger partial charge in [-0.05, 0) is 12.1 Å². The molecule has 1 unspecified atom stereocenters. The Bertz CT molecular complexity index is 464. The quantitative estimate of drug-likeness (QED) is 0.745. The minimum absolute atomic E-state index is 0.0986. The Labute approximate surface area is 109 Å². The smallest absolute Gasteiger partial charge is 0.238 e. The third kappa shape index (κ3) is 3.02. The van der Waals surface area contributed by atoms with Gasteiger partial charge in [-0.15, -0.1) is 11.8 Å². The van der Waals surface area contributed by atoms with E-state index >= 15 is 0 Å². The van der Waals surface area contributed by atoms with Crippen molar-refractivity contribution < 1.29 is 14.7 Å². The van der Waals surface area contributed by atoms with E-state index in [9.17, 15) is 9.59 Å². The lowest BCUT2D eigenvalue weighted by atomic mass is 10.2. The fourth-order valence-corrected chi connectivity index (χ4v) is 2.77. The fourth-order valence-electron chi connectivity index (χ4n) is 1.66. The minimum atomic E-state index is -0.418. The zero-order valence-electron chi connectivity index (χ0n) is 9.68. The van der Waals surface area contributed by atoms with Gasteiger partial charge in [-0.2, -0.15) is 0 Å². The number of hydrogen-bond donors (Lipinski definition) is 3. The Morgan fingerprint density at radius 2 is 2.22 bits per heavy atom. The van der Waals surface area contributed by atoms with Gasteiger partial charge in [0.1, 0.15) is 0 Å². The zero-order chi connectivity index (χ0) is 13.0. The Kier molecular flexibility index (Phi) is 4.22. The van der Waals surface area contributed by atoms with Crippen molar-refractivity contribution in [3.05, 3.63) is 24.3 Å². The normalized spacial score (nSPS) is 17.8. The summed E-state index contributed by atoms with van der Waals surface area (Å²) in [4.78, 5) is 24.3. The Hall–Kier alpha value is -1.53. The van der Waals surface area contributed by atoms with E-state index in [0.29, 0.717) is 0 Å². The van der Waals surface area contributed by atoms with Crippen LogP contribution < -0.4 is 10.6 Å². The van der Waals surface area contributed by atoms with Crippen molar-refractivity contribution in [2.45, 2.75) is 16.6 Å². The summed E-state index contributed by atoms with van der Waals surface area (Å²) in [5.41, 5.74) is 0.791. The monoisotopic (exact) mass is 266 g/mol. The number of carbonyl (C=O) groups excluding carboxylic acids is 2. The van der Waals surface area contributed by atoms with Crippen LogP contribution in [0.5, 0.6) is 0 Å². The molecule has 0 aliphatic carbocycles. The molecule has 18 heavy (non-hydrogen) atoms. The lowest BCUT2D eigenvalue weighted by Crippen LogP contribution is -2.35. The molecule has 1 atom stereocenters. The summed E-state index contributed by atoms with van der Waals surface area (Å²) in [6.07, 6.45) is 0.116. The van der Waals surface area contributed by atoms with Crippen LogP contribution in [-0.2, 0) is 9.59 Å². The maximum absolute atomic E-state index is 11.8. The molecule has 1 aromatic carbocycles. The van der Waals surface area contributed by atoms with Crippen LogP contribution in [0.3, 0.4) is 0 Å². The largest absolute Gasteiger partial charge is 0.395 e. The van der Waals surface area contributed by atoms with Crippen molar-refractivity contribution in [3.63, 3.8) is 0 Å². The topological polar surface area (TPSA) is 78.4 Å². The molecule has 1 aliphatic heterocycles. The number of para-hydroxylation sites is 1. The number of thioether (sulfide) groups is 1. The summed E-state index contributed by atoms with van der Waals surface area (Å²) >= 11 is 1.39. The molecule has 0 radical (unpaired) electrons. The second kappa shape index (κ2) is 5.88. The van der Waals surface area contributed by atoms with Gasteiger partial charge in [0.25, 0.3) is 0 Å². The third-order valence-corrected chi connectivity index (χ3v) is 3.79. The number of aliphatic hydroxyl groups is 1. The Morgan fingerprint density at radius 3 is 3.00 bits per heavy atom. The van der Waals surface area contributed by atoms with Gasteiger partial charge in [0, 0.05) is 17.9 Å². The number of anilines is 1. The predicted octanol–water partition coefficient (Wildman–Crippen LogP) is 0.598. The van der Waals surface area contributed by atoms with Crippen LogP contribution in [0.15, 0.2) is 29.2 Å². The first kappa shape index (κ1) is 12.9. The summed E-state index contributed by atoms with van der Waals surface area (Å²) < 4.78 is 0. The number of rotatable bonds is 4. The molecule has 1 aromatic rings. The lowest BCUT2D eigenvalue weighted by molar-refractivity contribution is -0.124. The van der Waals surface area contributed by atoms with Crippen molar-refractivity contribution in [2.24, 2.45) is 0 Å². The van der Waals surface area contributed by atoms with Gasteiger partial charge in [0.05, 0.1) is 17.5 Å². The summed E-state index contributed by atoms with van der Waals surface area (Å²) in [7, 11) is 0. The average Bonchev–Trinajstić information content (AvgIpc) is 2.37. The lowest BCUT2D eigenvalue weighted by Gasteiger charge is -2.23. The van der Waals surface area contributed by atoms with E-state index in [4.69, 9.17) is 5.11 Å². The molecular weight excluding hydrogens is 252 g/mol. The van der Waals surface area contributed by atoms with E-state index < -0.39 is 5.25 Å². The molecule has 0 bridgehead atoms. The maximum atomic E-state index is 11.8. The summed E-state index contributed by atoms with van der Waals surface area (Å²) in [5.74, 6) is -0.381. The van der Waals surface area contributed by atoms with Crippen molar-refractivity contribution >= 4 is 29.3 Å². The molecular formula is C12H14N2O3S. The number of nitrogens with one attached hydrogen (secondary N) is 2. The molecule has 0 spiro atoms. The van der Waals surface area contributed by atoms with Crippen LogP contribution in [0.4, 0.5) is 5.69 Å². The Morgan fingerprint density at radius 1 is 1.44 bits per heavy atom. The highest BCUT2D eigenvalue weighted by molar-refractivity contribution is 8.01. The second-order valence-corrected chi connectivity index (χ2v) is 5.11. The SMILES string of the molecule is O=C(CC1Sc2ccccc2NC1=O)NCCO. The molecule has 0 saturated heterocycles. The fraction of sp³-hybridized carbons (Fsp3) is 0.333. The molecule has 2 amide bonds. The van der Waals surface area contributed by atoms with Gasteiger partial charge in [-0.25, -0.2) is 0 Å². The number of hydrogen-bond acceptors (Lipinski definition) is 4. The van der Waals surface area contributed by atoms with Gasteiger partial charge in [0.2, 0.25) is 11.8 Å². The highest BCUT2D eigenvalue weighted by Crippen LogP contribution is 2.36. The Balaban J connectivity index is 1.99. The van der Waals surface area contributed by atoms with Crippen LogP contribution in [0.2, 0.25) is 0 Å². The van der Waals surface area contributed by atoms with Crippen LogP contribution in [0.25, 0.3) is 0 Å². The molecule has 96 valence electrons. The van der Waals surface area contributed by atoms with Crippen LogP contribution in [0, 0.1) is 0 Å². The van der Waals surface area contributed by atoms with E-state index in [2.05, 4.69) is 10.6 Å². The van der Waals surface area contributed by atoms with E-state index in [0.717, 1.165) is 10.6 Å². The predicted molar refractivity (Wildman–Crippen MR) is 69.4 cm³/mol. The number of carbonyl (C=O) groups is 2. The van der Waals surface area contributed by atoms with Crippen molar-refractivity contribution in [2.75, 3.05) is 18.5 Å². The summed E-state index contributed by atoms with van der Waals surface area (Å²) in [6, 6.07) is 7.50. The number of amides is 2. The van der Waals surface area contributed by atoms with Crippen molar-refractivity contribution in [3.8, 4) is 0 Å². The number of benzene rings is 1. The van der Waals surface area contributed by atoms with Crippen LogP contribution in [0.1, 0.15) is 6.42 Å². The standard InChI is InChI=1S/C12H14N2O3S/c15-6-5-13-11(16)7-10-12(17)14-8-3-1-2-4-9(8)18-10/h1-4,10,15H,5-7H2,(H,13,16)(H,14,17). The highest BCUT2D eigenvalue weighted by atomic mass is 32.2. The second-order valence-electron chi connectivity index (χ2n) is 3.87. The molecule has 2 rings (SSSR count). The van der Waals surface area contributed by atoms with Crippen molar-refractivity contribution in [1.29, 1.82) is 0 Å². The van der Waals surface area contributed by atoms with Gasteiger partial charge >= 0.3 is 0 Å². The van der Waals surface area contributed by atoms with Crippen LogP contribution >= 0.6 is 11.8 Å². The molecule has 1 heterocycles. The van der Waals surface area contributed by atoms with Gasteiger partial charge in [-0.3, -0.25) is 9.59 Å². The summed E-state index contributed by atoms with van der Waals surface area (Å²) in [5, 5.41) is 13.5. The maximum Gasteiger partial charge on any atom is 0.238 e. The van der Waals surface area contributed by atoms with E-state index in [1.165, 1.54) is 11.8 Å². The molecule has 1 aliphatic rings. The summed E-state index contributed by atoms with van der Waals surface area (Å²) in [6.45, 7) is 0.118. The van der Waals surface area contributed by atoms with E-state index in [1.807, 2.05) is 24.3 Å². The number of aliphatic hydroxyl groups excluding tert-OH is 1. The first-order valence-electron chi connectivity index (χ1n) is 5.65. The first-order valence-corrected chi connectivity index (χ1v) is 6.53. The molecule has 5 nitrogen and oxygen atoms in total. The molecule has 6 heteroatoms. The average molecular weight is 266 g/mol. The van der Waals surface area contributed by atoms with E-state index in [1.54, 1.807) is 0 Å². The first-order chi connectivity index (χ1) is 8.70. The van der Waals surface area contributed by atoms with Crippen molar-refractivity contribution in [1.82, 2.24) is 5.32 Å². The van der Waals surface area contributed by atoms with Crippen LogP contribution in [-0.4, -0.2) is 35.3 Å². The van der Waals surface area contributed by atoms with Gasteiger partial charge in [-0.1, -0.05) is 12.1 Å². The van der Waals surface area contributed by atoms with Gasteiger partial charge < -0.3 is 15.7 Å².